The van der Waals surface area contributed by atoms with Crippen molar-refractivity contribution in [1.29, 1.82) is 0 Å². The van der Waals surface area contributed by atoms with Crippen LogP contribution in [-0.2, 0) is 0 Å². The maximum absolute atomic E-state index is 4.09. The Morgan fingerprint density at radius 3 is 2.71 bits per heavy atom. The molecule has 76 valence electrons. The molecule has 1 aromatic rings. The maximum atomic E-state index is 4.09. The van der Waals surface area contributed by atoms with Crippen LogP contribution in [0.15, 0.2) is 12.3 Å². The minimum atomic E-state index is 0.318. The average Bonchev–Trinajstić information content (AvgIpc) is 2.50. The third kappa shape index (κ3) is 1.39. The first-order chi connectivity index (χ1) is 6.50. The van der Waals surface area contributed by atoms with Gasteiger partial charge in [-0.15, -0.1) is 0 Å². The molecule has 0 saturated carbocycles. The van der Waals surface area contributed by atoms with Gasteiger partial charge in [0.05, 0.1) is 6.20 Å². The Morgan fingerprint density at radius 2 is 2.07 bits per heavy atom. The Kier molecular flexibility index (Phi) is 2.02. The van der Waals surface area contributed by atoms with Crippen LogP contribution in [0.2, 0.25) is 0 Å². The van der Waals surface area contributed by atoms with Gasteiger partial charge in [-0.1, -0.05) is 39.8 Å². The number of aromatic nitrogens is 2. The molecule has 0 aliphatic heterocycles. The molecule has 0 spiro atoms. The summed E-state index contributed by atoms with van der Waals surface area (Å²) in [6, 6.07) is 0. The number of H-pyrrole nitrogens is 1. The van der Waals surface area contributed by atoms with Crippen molar-refractivity contribution in [3.8, 4) is 0 Å². The van der Waals surface area contributed by atoms with Gasteiger partial charge < -0.3 is 0 Å². The Labute approximate surface area is 85.4 Å². The van der Waals surface area contributed by atoms with Crippen molar-refractivity contribution in [2.45, 2.75) is 33.6 Å². The van der Waals surface area contributed by atoms with Crippen molar-refractivity contribution in [2.75, 3.05) is 0 Å². The monoisotopic (exact) mass is 190 g/mol. The van der Waals surface area contributed by atoms with Crippen LogP contribution >= 0.6 is 0 Å². The fourth-order valence-electron chi connectivity index (χ4n) is 2.40. The topological polar surface area (TPSA) is 28.7 Å². The van der Waals surface area contributed by atoms with Gasteiger partial charge in [0, 0.05) is 17.2 Å². The molecule has 0 radical (unpaired) electrons. The van der Waals surface area contributed by atoms with Crippen LogP contribution in [0.3, 0.4) is 0 Å². The molecule has 1 aromatic heterocycles. The molecular weight excluding hydrogens is 172 g/mol. The fraction of sp³-hybridized carbons (Fsp3) is 0.583. The van der Waals surface area contributed by atoms with E-state index in [-0.39, 0.29) is 0 Å². The van der Waals surface area contributed by atoms with E-state index >= 15 is 0 Å². The van der Waals surface area contributed by atoms with E-state index in [0.29, 0.717) is 17.3 Å². The van der Waals surface area contributed by atoms with Gasteiger partial charge in [-0.25, -0.2) is 0 Å². The molecule has 2 atom stereocenters. The first-order valence-corrected chi connectivity index (χ1v) is 5.21. The van der Waals surface area contributed by atoms with Gasteiger partial charge in [-0.2, -0.15) is 5.10 Å². The Bertz CT molecular complexity index is 355. The molecule has 0 aromatic carbocycles. The zero-order chi connectivity index (χ0) is 10.3. The standard InChI is InChI=1S/C12H18N2/c1-8-10(12(2,3)4)6-5-9-7-13-14-11(8)9/h5-8,10H,1-4H3,(H,13,14). The van der Waals surface area contributed by atoms with Gasteiger partial charge in [0.15, 0.2) is 0 Å². The van der Waals surface area contributed by atoms with E-state index in [4.69, 9.17) is 0 Å². The van der Waals surface area contributed by atoms with Gasteiger partial charge in [0.2, 0.25) is 0 Å². The molecule has 2 heteroatoms. The number of nitrogens with zero attached hydrogens (tertiary/aromatic N) is 1. The smallest absolute Gasteiger partial charge is 0.0562 e. The van der Waals surface area contributed by atoms with Crippen LogP contribution in [0.5, 0.6) is 0 Å². The number of nitrogens with one attached hydrogen (secondary N) is 1. The second kappa shape index (κ2) is 2.97. The lowest BCUT2D eigenvalue weighted by molar-refractivity contribution is 0.256. The molecule has 0 saturated heterocycles. The first kappa shape index (κ1) is 9.50. The zero-order valence-corrected chi connectivity index (χ0v) is 9.33. The van der Waals surface area contributed by atoms with E-state index in [9.17, 15) is 0 Å². The summed E-state index contributed by atoms with van der Waals surface area (Å²) in [6.45, 7) is 9.15. The van der Waals surface area contributed by atoms with Crippen LogP contribution in [0.4, 0.5) is 0 Å². The molecular formula is C12H18N2. The van der Waals surface area contributed by atoms with E-state index in [2.05, 4.69) is 50.0 Å². The number of aromatic amines is 1. The van der Waals surface area contributed by atoms with E-state index in [1.54, 1.807) is 0 Å². The Morgan fingerprint density at radius 1 is 1.36 bits per heavy atom. The highest BCUT2D eigenvalue weighted by atomic mass is 15.1. The molecule has 0 amide bonds. The third-order valence-electron chi connectivity index (χ3n) is 3.18. The lowest BCUT2D eigenvalue weighted by Crippen LogP contribution is -2.26. The summed E-state index contributed by atoms with van der Waals surface area (Å²) < 4.78 is 0. The van der Waals surface area contributed by atoms with Crippen LogP contribution < -0.4 is 0 Å². The van der Waals surface area contributed by atoms with Crippen LogP contribution in [0, 0.1) is 11.3 Å². The van der Waals surface area contributed by atoms with E-state index in [1.165, 1.54) is 11.3 Å². The van der Waals surface area contributed by atoms with E-state index in [0.717, 1.165) is 0 Å². The van der Waals surface area contributed by atoms with Crippen LogP contribution in [-0.4, -0.2) is 10.2 Å². The summed E-state index contributed by atoms with van der Waals surface area (Å²) in [7, 11) is 0. The molecule has 14 heavy (non-hydrogen) atoms. The molecule has 0 bridgehead atoms. The molecule has 1 aliphatic rings. The Hall–Kier alpha value is -1.05. The second-order valence-corrected chi connectivity index (χ2v) is 5.28. The molecule has 2 unspecified atom stereocenters. The minimum Gasteiger partial charge on any atom is -0.282 e. The molecule has 1 heterocycles. The van der Waals surface area contributed by atoms with Crippen molar-refractivity contribution in [1.82, 2.24) is 10.2 Å². The van der Waals surface area contributed by atoms with E-state index in [1.807, 2.05) is 6.20 Å². The normalized spacial score (nSPS) is 26.3. The Balaban J connectivity index is 2.38. The summed E-state index contributed by atoms with van der Waals surface area (Å²) in [5.74, 6) is 1.13. The van der Waals surface area contributed by atoms with Crippen molar-refractivity contribution in [3.63, 3.8) is 0 Å². The van der Waals surface area contributed by atoms with Crippen molar-refractivity contribution in [3.05, 3.63) is 23.5 Å². The van der Waals surface area contributed by atoms with E-state index < -0.39 is 0 Å². The number of hydrogen-bond acceptors (Lipinski definition) is 1. The molecule has 0 fully saturated rings. The molecule has 2 rings (SSSR count). The number of hydrogen-bond donors (Lipinski definition) is 1. The molecule has 1 aliphatic carbocycles. The lowest BCUT2D eigenvalue weighted by Gasteiger charge is -2.35. The van der Waals surface area contributed by atoms with Crippen LogP contribution in [0.1, 0.15) is 44.9 Å². The largest absolute Gasteiger partial charge is 0.282 e. The quantitative estimate of drug-likeness (QED) is 0.668. The van der Waals surface area contributed by atoms with Crippen molar-refractivity contribution < 1.29 is 0 Å². The van der Waals surface area contributed by atoms with Gasteiger partial charge >= 0.3 is 0 Å². The summed E-state index contributed by atoms with van der Waals surface area (Å²) in [5.41, 5.74) is 2.85. The average molecular weight is 190 g/mol. The predicted octanol–water partition coefficient (Wildman–Crippen LogP) is 3.20. The van der Waals surface area contributed by atoms with Crippen molar-refractivity contribution >= 4 is 6.08 Å². The second-order valence-electron chi connectivity index (χ2n) is 5.28. The number of fused-ring (bicyclic) bond motifs is 1. The highest BCUT2D eigenvalue weighted by molar-refractivity contribution is 5.55. The summed E-state index contributed by atoms with van der Waals surface area (Å²) >= 11 is 0. The van der Waals surface area contributed by atoms with Gasteiger partial charge in [-0.05, 0) is 11.3 Å². The highest BCUT2D eigenvalue weighted by Crippen LogP contribution is 2.42. The fourth-order valence-corrected chi connectivity index (χ4v) is 2.40. The SMILES string of the molecule is CC1c2[nH]ncc2C=CC1C(C)(C)C. The lowest BCUT2D eigenvalue weighted by atomic mass is 9.70. The van der Waals surface area contributed by atoms with Crippen molar-refractivity contribution in [2.24, 2.45) is 11.3 Å². The number of rotatable bonds is 0. The number of allylic oxidation sites excluding steroid dienone is 1. The third-order valence-corrected chi connectivity index (χ3v) is 3.18. The summed E-state index contributed by atoms with van der Waals surface area (Å²) in [5, 5.41) is 7.20. The summed E-state index contributed by atoms with van der Waals surface area (Å²) in [6.07, 6.45) is 6.42. The van der Waals surface area contributed by atoms with Crippen LogP contribution in [0.25, 0.3) is 6.08 Å². The molecule has 1 N–H and O–H groups in total. The summed E-state index contributed by atoms with van der Waals surface area (Å²) in [4.78, 5) is 0. The van der Waals surface area contributed by atoms with Gasteiger partial charge in [0.1, 0.15) is 0 Å². The van der Waals surface area contributed by atoms with Gasteiger partial charge in [-0.3, -0.25) is 5.10 Å². The minimum absolute atomic E-state index is 0.318. The zero-order valence-electron chi connectivity index (χ0n) is 9.33. The predicted molar refractivity (Wildman–Crippen MR) is 59.0 cm³/mol. The first-order valence-electron chi connectivity index (χ1n) is 5.21. The molecule has 2 nitrogen and oxygen atoms in total. The van der Waals surface area contributed by atoms with Gasteiger partial charge in [0.25, 0.3) is 0 Å². The highest BCUT2D eigenvalue weighted by Gasteiger charge is 2.32. The maximum Gasteiger partial charge on any atom is 0.0562 e.